The number of hydrogen-bond donors (Lipinski definition) is 0. The van der Waals surface area contributed by atoms with Gasteiger partial charge in [-0.25, -0.2) is 4.98 Å². The molecule has 78 valence electrons. The molecule has 3 nitrogen and oxygen atoms in total. The van der Waals surface area contributed by atoms with Crippen LogP contribution in [0.15, 0.2) is 24.8 Å². The third kappa shape index (κ3) is 1.62. The molecule has 0 bridgehead atoms. The number of aromatic nitrogens is 3. The van der Waals surface area contributed by atoms with Crippen molar-refractivity contribution in [3.63, 3.8) is 0 Å². The van der Waals surface area contributed by atoms with Crippen molar-refractivity contribution in [1.82, 2.24) is 14.4 Å². The Balaban J connectivity index is 1.96. The van der Waals surface area contributed by atoms with Crippen LogP contribution in [0, 0.1) is 0 Å². The number of nitrogens with zero attached hydrogens (tertiary/aromatic N) is 3. The highest BCUT2D eigenvalue weighted by Crippen LogP contribution is 2.31. The fourth-order valence-electron chi connectivity index (χ4n) is 2.46. The van der Waals surface area contributed by atoms with Gasteiger partial charge in [0.2, 0.25) is 0 Å². The third-order valence-electron chi connectivity index (χ3n) is 3.31. The van der Waals surface area contributed by atoms with Gasteiger partial charge in [0.1, 0.15) is 0 Å². The second kappa shape index (κ2) is 3.65. The van der Waals surface area contributed by atoms with E-state index >= 15 is 0 Å². The summed E-state index contributed by atoms with van der Waals surface area (Å²) in [6.45, 7) is 0. The Morgan fingerprint density at radius 2 is 2.07 bits per heavy atom. The number of hydrogen-bond acceptors (Lipinski definition) is 2. The van der Waals surface area contributed by atoms with Gasteiger partial charge in [-0.2, -0.15) is 0 Å². The van der Waals surface area contributed by atoms with E-state index in [0.29, 0.717) is 5.92 Å². The van der Waals surface area contributed by atoms with Gasteiger partial charge in [0.25, 0.3) is 0 Å². The van der Waals surface area contributed by atoms with Crippen molar-refractivity contribution in [2.75, 3.05) is 0 Å². The minimum absolute atomic E-state index is 0.679. The maximum absolute atomic E-state index is 4.64. The van der Waals surface area contributed by atoms with E-state index in [2.05, 4.69) is 20.6 Å². The molecule has 2 aromatic heterocycles. The Morgan fingerprint density at radius 1 is 1.20 bits per heavy atom. The predicted octanol–water partition coefficient (Wildman–Crippen LogP) is 2.78. The van der Waals surface area contributed by atoms with Crippen molar-refractivity contribution in [2.24, 2.45) is 0 Å². The van der Waals surface area contributed by atoms with Crippen molar-refractivity contribution in [3.05, 3.63) is 30.5 Å². The Hall–Kier alpha value is -1.38. The molecule has 0 aromatic carbocycles. The van der Waals surface area contributed by atoms with Crippen molar-refractivity contribution in [2.45, 2.75) is 38.0 Å². The first-order chi connectivity index (χ1) is 7.43. The van der Waals surface area contributed by atoms with E-state index in [9.17, 15) is 0 Å². The maximum Gasteiger partial charge on any atom is 0.155 e. The van der Waals surface area contributed by atoms with Gasteiger partial charge in [0.05, 0.1) is 11.9 Å². The number of imidazole rings is 1. The van der Waals surface area contributed by atoms with Crippen LogP contribution in [-0.2, 0) is 0 Å². The molecule has 2 heterocycles. The van der Waals surface area contributed by atoms with Gasteiger partial charge in [0.15, 0.2) is 5.65 Å². The van der Waals surface area contributed by atoms with E-state index in [1.165, 1.54) is 37.8 Å². The summed E-state index contributed by atoms with van der Waals surface area (Å²) in [5.41, 5.74) is 2.22. The normalized spacial score (nSPS) is 18.4. The molecule has 1 fully saturated rings. The van der Waals surface area contributed by atoms with Crippen LogP contribution in [0.4, 0.5) is 0 Å². The molecule has 0 aliphatic heterocycles. The molecule has 15 heavy (non-hydrogen) atoms. The van der Waals surface area contributed by atoms with Crippen LogP contribution < -0.4 is 0 Å². The summed E-state index contributed by atoms with van der Waals surface area (Å²) in [6.07, 6.45) is 14.5. The molecule has 0 spiro atoms. The lowest BCUT2D eigenvalue weighted by Crippen LogP contribution is -2.04. The lowest BCUT2D eigenvalue weighted by molar-refractivity contribution is 0.438. The van der Waals surface area contributed by atoms with Gasteiger partial charge in [-0.15, -0.1) is 0 Å². The van der Waals surface area contributed by atoms with Crippen LogP contribution in [0.3, 0.4) is 0 Å². The molecule has 1 saturated carbocycles. The summed E-state index contributed by atoms with van der Waals surface area (Å²) < 4.78 is 2.07. The number of fused-ring (bicyclic) bond motifs is 1. The van der Waals surface area contributed by atoms with Crippen LogP contribution >= 0.6 is 0 Å². The highest BCUT2D eigenvalue weighted by atomic mass is 15.0. The number of rotatable bonds is 1. The SMILES string of the molecule is c1cn2cc(C3CCCCC3)nc2cn1. The molecule has 0 atom stereocenters. The first-order valence-corrected chi connectivity index (χ1v) is 5.72. The van der Waals surface area contributed by atoms with Crippen LogP contribution in [-0.4, -0.2) is 14.4 Å². The van der Waals surface area contributed by atoms with Crippen LogP contribution in [0.5, 0.6) is 0 Å². The minimum Gasteiger partial charge on any atom is -0.304 e. The average Bonchev–Trinajstić information content (AvgIpc) is 2.74. The molecule has 0 N–H and O–H groups in total. The summed E-state index contributed by atoms with van der Waals surface area (Å²) in [5, 5.41) is 0. The first-order valence-electron chi connectivity index (χ1n) is 5.72. The van der Waals surface area contributed by atoms with Crippen molar-refractivity contribution in [1.29, 1.82) is 0 Å². The zero-order chi connectivity index (χ0) is 10.1. The van der Waals surface area contributed by atoms with E-state index in [4.69, 9.17) is 0 Å². The first kappa shape index (κ1) is 8.89. The van der Waals surface area contributed by atoms with E-state index in [-0.39, 0.29) is 0 Å². The molecule has 3 rings (SSSR count). The predicted molar refractivity (Wildman–Crippen MR) is 58.8 cm³/mol. The maximum atomic E-state index is 4.64. The van der Waals surface area contributed by atoms with Gasteiger partial charge in [-0.1, -0.05) is 19.3 Å². The standard InChI is InChI=1S/C12H15N3/c1-2-4-10(5-3-1)11-9-15-7-6-13-8-12(15)14-11/h6-10H,1-5H2. The Bertz CT molecular complexity index is 422. The summed E-state index contributed by atoms with van der Waals surface area (Å²) in [6, 6.07) is 0. The zero-order valence-corrected chi connectivity index (χ0v) is 8.76. The van der Waals surface area contributed by atoms with Crippen molar-refractivity contribution in [3.8, 4) is 0 Å². The summed E-state index contributed by atoms with van der Waals surface area (Å²) in [4.78, 5) is 8.72. The quantitative estimate of drug-likeness (QED) is 0.710. The fourth-order valence-corrected chi connectivity index (χ4v) is 2.46. The topological polar surface area (TPSA) is 30.2 Å². The lowest BCUT2D eigenvalue weighted by Gasteiger charge is -2.19. The van der Waals surface area contributed by atoms with E-state index < -0.39 is 0 Å². The van der Waals surface area contributed by atoms with Crippen molar-refractivity contribution < 1.29 is 0 Å². The fraction of sp³-hybridized carbons (Fsp3) is 0.500. The summed E-state index contributed by atoms with van der Waals surface area (Å²) >= 11 is 0. The molecule has 1 aliphatic rings. The smallest absolute Gasteiger partial charge is 0.155 e. The molecule has 0 saturated heterocycles. The van der Waals surface area contributed by atoms with Crippen LogP contribution in [0.2, 0.25) is 0 Å². The molecule has 3 heteroatoms. The molecular formula is C12H15N3. The highest BCUT2D eigenvalue weighted by molar-refractivity contribution is 5.37. The van der Waals surface area contributed by atoms with Gasteiger partial charge in [-0.3, -0.25) is 4.98 Å². The zero-order valence-electron chi connectivity index (χ0n) is 8.76. The monoisotopic (exact) mass is 201 g/mol. The second-order valence-electron chi connectivity index (χ2n) is 4.34. The minimum atomic E-state index is 0.679. The highest BCUT2D eigenvalue weighted by Gasteiger charge is 2.17. The molecule has 2 aromatic rings. The average molecular weight is 201 g/mol. The molecular weight excluding hydrogens is 186 g/mol. The largest absolute Gasteiger partial charge is 0.304 e. The second-order valence-corrected chi connectivity index (χ2v) is 4.34. The van der Waals surface area contributed by atoms with E-state index in [0.717, 1.165) is 5.65 Å². The molecule has 0 amide bonds. The van der Waals surface area contributed by atoms with Crippen molar-refractivity contribution >= 4 is 5.65 Å². The summed E-state index contributed by atoms with van der Waals surface area (Å²) in [5.74, 6) is 0.679. The third-order valence-corrected chi connectivity index (χ3v) is 3.31. The van der Waals surface area contributed by atoms with Crippen LogP contribution in [0.1, 0.15) is 43.7 Å². The van der Waals surface area contributed by atoms with Gasteiger partial charge in [0, 0.05) is 24.5 Å². The molecule has 0 radical (unpaired) electrons. The Kier molecular flexibility index (Phi) is 2.16. The molecule has 0 unspecified atom stereocenters. The van der Waals surface area contributed by atoms with E-state index in [1.54, 1.807) is 6.20 Å². The van der Waals surface area contributed by atoms with Gasteiger partial charge < -0.3 is 4.40 Å². The Morgan fingerprint density at radius 3 is 2.87 bits per heavy atom. The van der Waals surface area contributed by atoms with Gasteiger partial charge >= 0.3 is 0 Å². The Labute approximate surface area is 89.2 Å². The molecule has 1 aliphatic carbocycles. The van der Waals surface area contributed by atoms with Gasteiger partial charge in [-0.05, 0) is 12.8 Å². The van der Waals surface area contributed by atoms with E-state index in [1.807, 2.05) is 12.4 Å². The summed E-state index contributed by atoms with van der Waals surface area (Å²) in [7, 11) is 0. The lowest BCUT2D eigenvalue weighted by atomic mass is 9.87. The van der Waals surface area contributed by atoms with Crippen LogP contribution in [0.25, 0.3) is 5.65 Å².